The molecule has 0 saturated carbocycles. The van der Waals surface area contributed by atoms with Gasteiger partial charge >= 0.3 is 0 Å². The summed E-state index contributed by atoms with van der Waals surface area (Å²) in [6.07, 6.45) is 0.813. The second-order valence-corrected chi connectivity index (χ2v) is 7.29. The van der Waals surface area contributed by atoms with E-state index in [0.29, 0.717) is 6.54 Å². The zero-order chi connectivity index (χ0) is 20.6. The van der Waals surface area contributed by atoms with E-state index in [0.717, 1.165) is 44.1 Å². The molecule has 1 heterocycles. The predicted molar refractivity (Wildman–Crippen MR) is 116 cm³/mol. The van der Waals surface area contributed by atoms with Gasteiger partial charge in [0.2, 0.25) is 5.91 Å². The summed E-state index contributed by atoms with van der Waals surface area (Å²) >= 11 is 0. The number of piperazine rings is 1. The molecular formula is C23H31N3O3. The van der Waals surface area contributed by atoms with Crippen LogP contribution in [-0.2, 0) is 11.2 Å². The molecule has 2 aromatic rings. The van der Waals surface area contributed by atoms with E-state index in [4.69, 9.17) is 9.47 Å². The first-order valence-electron chi connectivity index (χ1n) is 10.1. The van der Waals surface area contributed by atoms with Crippen molar-refractivity contribution in [1.29, 1.82) is 0 Å². The lowest BCUT2D eigenvalue weighted by molar-refractivity contribution is -0.125. The van der Waals surface area contributed by atoms with E-state index in [2.05, 4.69) is 27.2 Å². The summed E-state index contributed by atoms with van der Waals surface area (Å²) in [7, 11) is 3.34. The molecule has 0 aromatic heterocycles. The van der Waals surface area contributed by atoms with Crippen LogP contribution in [0.3, 0.4) is 0 Å². The van der Waals surface area contributed by atoms with Gasteiger partial charge in [0.15, 0.2) is 0 Å². The fraction of sp³-hybridized carbons (Fsp3) is 0.435. The normalized spacial score (nSPS) is 15.6. The van der Waals surface area contributed by atoms with Gasteiger partial charge in [-0.15, -0.1) is 0 Å². The lowest BCUT2D eigenvalue weighted by Gasteiger charge is -2.38. The van der Waals surface area contributed by atoms with E-state index in [1.807, 2.05) is 43.3 Å². The lowest BCUT2D eigenvalue weighted by Crippen LogP contribution is -2.54. The molecule has 1 amide bonds. The van der Waals surface area contributed by atoms with Crippen molar-refractivity contribution in [3.63, 3.8) is 0 Å². The van der Waals surface area contributed by atoms with Gasteiger partial charge in [-0.1, -0.05) is 12.1 Å². The number of rotatable bonds is 8. The van der Waals surface area contributed by atoms with Crippen molar-refractivity contribution in [3.05, 3.63) is 54.1 Å². The standard InChI is InChI=1S/C23H31N3O3/c1-18(23(27)24-13-12-19-4-8-21(28-2)9-5-19)25-14-16-26(17-15-25)20-6-10-22(29-3)11-7-20/h4-11,18H,12-17H2,1-3H3,(H,24,27). The van der Waals surface area contributed by atoms with Crippen LogP contribution in [-0.4, -0.2) is 63.8 Å². The Kier molecular flexibility index (Phi) is 7.36. The van der Waals surface area contributed by atoms with Crippen LogP contribution < -0.4 is 19.7 Å². The number of hydrogen-bond acceptors (Lipinski definition) is 5. The quantitative estimate of drug-likeness (QED) is 0.742. The SMILES string of the molecule is COc1ccc(CCNC(=O)C(C)N2CCN(c3ccc(OC)cc3)CC2)cc1. The molecule has 1 aliphatic heterocycles. The topological polar surface area (TPSA) is 54.0 Å². The minimum atomic E-state index is -0.121. The average Bonchev–Trinajstić information content (AvgIpc) is 2.79. The molecule has 0 radical (unpaired) electrons. The number of nitrogens with one attached hydrogen (secondary N) is 1. The van der Waals surface area contributed by atoms with Crippen LogP contribution in [0.5, 0.6) is 11.5 Å². The molecule has 0 aliphatic carbocycles. The van der Waals surface area contributed by atoms with Gasteiger partial charge in [-0.3, -0.25) is 9.69 Å². The molecule has 2 aromatic carbocycles. The molecule has 1 fully saturated rings. The number of nitrogens with zero attached hydrogens (tertiary/aromatic N) is 2. The van der Waals surface area contributed by atoms with Crippen molar-refractivity contribution in [2.45, 2.75) is 19.4 Å². The number of amides is 1. The highest BCUT2D eigenvalue weighted by Crippen LogP contribution is 2.21. The van der Waals surface area contributed by atoms with E-state index in [1.165, 1.54) is 11.3 Å². The minimum absolute atomic E-state index is 0.0939. The summed E-state index contributed by atoms with van der Waals surface area (Å²) in [5, 5.41) is 3.07. The smallest absolute Gasteiger partial charge is 0.237 e. The highest BCUT2D eigenvalue weighted by molar-refractivity contribution is 5.81. The molecule has 1 atom stereocenters. The Morgan fingerprint density at radius 3 is 2.03 bits per heavy atom. The maximum Gasteiger partial charge on any atom is 0.237 e. The fourth-order valence-corrected chi connectivity index (χ4v) is 3.60. The largest absolute Gasteiger partial charge is 0.497 e. The minimum Gasteiger partial charge on any atom is -0.497 e. The first-order chi connectivity index (χ1) is 14.1. The van der Waals surface area contributed by atoms with Crippen LogP contribution >= 0.6 is 0 Å². The van der Waals surface area contributed by atoms with E-state index >= 15 is 0 Å². The Bertz CT molecular complexity index is 769. The Labute approximate surface area is 173 Å². The summed E-state index contributed by atoms with van der Waals surface area (Å²) in [5.74, 6) is 1.81. The van der Waals surface area contributed by atoms with Crippen LogP contribution in [0.1, 0.15) is 12.5 Å². The molecule has 6 heteroatoms. The molecular weight excluding hydrogens is 366 g/mol. The number of ether oxygens (including phenoxy) is 2. The third kappa shape index (κ3) is 5.64. The Hall–Kier alpha value is -2.73. The highest BCUT2D eigenvalue weighted by atomic mass is 16.5. The van der Waals surface area contributed by atoms with Crippen molar-refractivity contribution >= 4 is 11.6 Å². The number of hydrogen-bond donors (Lipinski definition) is 1. The van der Waals surface area contributed by atoms with E-state index in [-0.39, 0.29) is 11.9 Å². The zero-order valence-electron chi connectivity index (χ0n) is 17.6. The van der Waals surface area contributed by atoms with Crippen LogP contribution in [0.2, 0.25) is 0 Å². The van der Waals surface area contributed by atoms with Crippen LogP contribution in [0.15, 0.2) is 48.5 Å². The molecule has 0 bridgehead atoms. The third-order valence-electron chi connectivity index (χ3n) is 5.55. The predicted octanol–water partition coefficient (Wildman–Crippen LogP) is 2.57. The summed E-state index contributed by atoms with van der Waals surface area (Å²) in [6, 6.07) is 16.0. The van der Waals surface area contributed by atoms with E-state index < -0.39 is 0 Å². The van der Waals surface area contributed by atoms with Crippen LogP contribution in [0.25, 0.3) is 0 Å². The van der Waals surface area contributed by atoms with Crippen LogP contribution in [0.4, 0.5) is 5.69 Å². The van der Waals surface area contributed by atoms with Crippen molar-refractivity contribution < 1.29 is 14.3 Å². The Morgan fingerprint density at radius 1 is 0.931 bits per heavy atom. The van der Waals surface area contributed by atoms with E-state index in [1.54, 1.807) is 14.2 Å². The Morgan fingerprint density at radius 2 is 1.48 bits per heavy atom. The van der Waals surface area contributed by atoms with Gasteiger partial charge in [0, 0.05) is 38.4 Å². The Balaban J connectivity index is 1.41. The van der Waals surface area contributed by atoms with Crippen molar-refractivity contribution in [2.24, 2.45) is 0 Å². The molecule has 1 unspecified atom stereocenters. The lowest BCUT2D eigenvalue weighted by atomic mass is 10.1. The molecule has 29 heavy (non-hydrogen) atoms. The van der Waals surface area contributed by atoms with Gasteiger partial charge in [0.05, 0.1) is 20.3 Å². The highest BCUT2D eigenvalue weighted by Gasteiger charge is 2.25. The summed E-state index contributed by atoms with van der Waals surface area (Å²) in [4.78, 5) is 17.2. The number of anilines is 1. The van der Waals surface area contributed by atoms with Gasteiger partial charge in [-0.2, -0.15) is 0 Å². The van der Waals surface area contributed by atoms with Gasteiger partial charge in [0.25, 0.3) is 0 Å². The average molecular weight is 398 g/mol. The van der Waals surface area contributed by atoms with Crippen molar-refractivity contribution in [2.75, 3.05) is 51.8 Å². The molecule has 1 N–H and O–H groups in total. The molecule has 1 saturated heterocycles. The van der Waals surface area contributed by atoms with E-state index in [9.17, 15) is 4.79 Å². The van der Waals surface area contributed by atoms with Crippen molar-refractivity contribution in [1.82, 2.24) is 10.2 Å². The number of benzene rings is 2. The first kappa shape index (κ1) is 21.0. The number of carbonyl (C=O) groups excluding carboxylic acids is 1. The zero-order valence-corrected chi connectivity index (χ0v) is 17.6. The van der Waals surface area contributed by atoms with Crippen molar-refractivity contribution in [3.8, 4) is 11.5 Å². The maximum absolute atomic E-state index is 12.6. The molecule has 6 nitrogen and oxygen atoms in total. The second-order valence-electron chi connectivity index (χ2n) is 7.29. The molecule has 156 valence electrons. The summed E-state index contributed by atoms with van der Waals surface area (Å²) < 4.78 is 10.4. The number of methoxy groups -OCH3 is 2. The second kappa shape index (κ2) is 10.2. The number of carbonyl (C=O) groups is 1. The van der Waals surface area contributed by atoms with Crippen LogP contribution in [0, 0.1) is 0 Å². The molecule has 0 spiro atoms. The van der Waals surface area contributed by atoms with Gasteiger partial charge in [0.1, 0.15) is 11.5 Å². The first-order valence-corrected chi connectivity index (χ1v) is 10.1. The van der Waals surface area contributed by atoms with Gasteiger partial charge in [-0.25, -0.2) is 0 Å². The monoisotopic (exact) mass is 397 g/mol. The maximum atomic E-state index is 12.6. The molecule has 1 aliphatic rings. The molecule has 3 rings (SSSR count). The van der Waals surface area contributed by atoms with Gasteiger partial charge < -0.3 is 19.7 Å². The fourth-order valence-electron chi connectivity index (χ4n) is 3.60. The summed E-state index contributed by atoms with van der Waals surface area (Å²) in [6.45, 7) is 6.21. The summed E-state index contributed by atoms with van der Waals surface area (Å²) in [5.41, 5.74) is 2.38. The third-order valence-corrected chi connectivity index (χ3v) is 5.55. The van der Waals surface area contributed by atoms with Gasteiger partial charge in [-0.05, 0) is 55.3 Å².